The van der Waals surface area contributed by atoms with Crippen LogP contribution < -0.4 is 5.56 Å². The standard InChI is InChI=1S/C19H24FN3O2/c1-12(2)17(24)11-23-8-7-16-14(10-23)19(25)22-18(21-16)9-13-5-3-4-6-15(13)20/h3-6,12,17,24H,7-11H2,1-2H3,(H,21,22,25)/t17-/m0/s1. The maximum atomic E-state index is 13.8. The monoisotopic (exact) mass is 345 g/mol. The zero-order chi connectivity index (χ0) is 18.0. The molecule has 1 aromatic heterocycles. The zero-order valence-corrected chi connectivity index (χ0v) is 14.6. The van der Waals surface area contributed by atoms with Crippen molar-refractivity contribution in [3.8, 4) is 0 Å². The van der Waals surface area contributed by atoms with Gasteiger partial charge in [0.15, 0.2) is 0 Å². The molecule has 2 heterocycles. The first kappa shape index (κ1) is 17.8. The van der Waals surface area contributed by atoms with Crippen molar-refractivity contribution in [2.24, 2.45) is 5.92 Å². The minimum Gasteiger partial charge on any atom is -0.392 e. The molecule has 0 fully saturated rings. The lowest BCUT2D eigenvalue weighted by Gasteiger charge is -2.30. The Bertz CT molecular complexity index is 803. The van der Waals surface area contributed by atoms with Gasteiger partial charge in [-0.15, -0.1) is 0 Å². The molecule has 1 atom stereocenters. The number of rotatable bonds is 5. The second kappa shape index (κ2) is 7.45. The first-order chi connectivity index (χ1) is 11.9. The summed E-state index contributed by atoms with van der Waals surface area (Å²) in [4.78, 5) is 21.9. The lowest BCUT2D eigenvalue weighted by atomic mass is 10.0. The number of hydrogen-bond acceptors (Lipinski definition) is 4. The summed E-state index contributed by atoms with van der Waals surface area (Å²) >= 11 is 0. The van der Waals surface area contributed by atoms with Crippen LogP contribution in [0.1, 0.15) is 36.5 Å². The highest BCUT2D eigenvalue weighted by Crippen LogP contribution is 2.17. The van der Waals surface area contributed by atoms with E-state index < -0.39 is 6.10 Å². The number of nitrogens with zero attached hydrogens (tertiary/aromatic N) is 2. The van der Waals surface area contributed by atoms with Gasteiger partial charge in [-0.2, -0.15) is 0 Å². The Morgan fingerprint density at radius 2 is 2.12 bits per heavy atom. The number of hydrogen-bond donors (Lipinski definition) is 2. The average Bonchev–Trinajstić information content (AvgIpc) is 2.57. The minimum absolute atomic E-state index is 0.167. The SMILES string of the molecule is CC(C)[C@@H](O)CN1CCc2nc(Cc3ccccc3F)[nH]c(=O)c2C1. The second-order valence-electron chi connectivity index (χ2n) is 7.00. The molecular formula is C19H24FN3O2. The van der Waals surface area contributed by atoms with Gasteiger partial charge < -0.3 is 10.1 Å². The molecular weight excluding hydrogens is 321 g/mol. The van der Waals surface area contributed by atoms with Crippen molar-refractivity contribution in [2.45, 2.75) is 39.3 Å². The highest BCUT2D eigenvalue weighted by atomic mass is 19.1. The van der Waals surface area contributed by atoms with Crippen LogP contribution in [0.4, 0.5) is 4.39 Å². The summed E-state index contributed by atoms with van der Waals surface area (Å²) in [5, 5.41) is 10.1. The Morgan fingerprint density at radius 3 is 2.84 bits per heavy atom. The topological polar surface area (TPSA) is 69.2 Å². The number of aromatic amines is 1. The number of aromatic nitrogens is 2. The normalized spacial score (nSPS) is 16.0. The van der Waals surface area contributed by atoms with Crippen LogP contribution in [-0.2, 0) is 19.4 Å². The highest BCUT2D eigenvalue weighted by Gasteiger charge is 2.23. The smallest absolute Gasteiger partial charge is 0.255 e. The fraction of sp³-hybridized carbons (Fsp3) is 0.474. The van der Waals surface area contributed by atoms with Crippen LogP contribution in [0.15, 0.2) is 29.1 Å². The van der Waals surface area contributed by atoms with Crippen molar-refractivity contribution in [3.05, 3.63) is 63.1 Å². The van der Waals surface area contributed by atoms with Crippen molar-refractivity contribution >= 4 is 0 Å². The molecule has 0 unspecified atom stereocenters. The molecule has 0 amide bonds. The molecule has 3 rings (SSSR count). The van der Waals surface area contributed by atoms with E-state index in [1.165, 1.54) is 6.07 Å². The number of nitrogens with one attached hydrogen (secondary N) is 1. The fourth-order valence-corrected chi connectivity index (χ4v) is 3.07. The predicted molar refractivity (Wildman–Crippen MR) is 93.9 cm³/mol. The quantitative estimate of drug-likeness (QED) is 0.868. The Balaban J connectivity index is 1.78. The number of H-pyrrole nitrogens is 1. The van der Waals surface area contributed by atoms with Gasteiger partial charge in [-0.05, 0) is 17.5 Å². The van der Waals surface area contributed by atoms with Gasteiger partial charge in [0.25, 0.3) is 5.56 Å². The molecule has 1 aromatic carbocycles. The molecule has 134 valence electrons. The number of β-amino-alcohol motifs (C(OH)–C–C–N with tert-alkyl or cyclic N) is 1. The highest BCUT2D eigenvalue weighted by molar-refractivity contribution is 5.25. The average molecular weight is 345 g/mol. The third-order valence-electron chi connectivity index (χ3n) is 4.73. The van der Waals surface area contributed by atoms with Gasteiger partial charge in [-0.1, -0.05) is 32.0 Å². The molecule has 0 saturated heterocycles. The van der Waals surface area contributed by atoms with E-state index in [1.807, 2.05) is 13.8 Å². The first-order valence-electron chi connectivity index (χ1n) is 8.69. The van der Waals surface area contributed by atoms with Crippen molar-refractivity contribution < 1.29 is 9.50 Å². The molecule has 6 heteroatoms. The van der Waals surface area contributed by atoms with E-state index in [9.17, 15) is 14.3 Å². The summed E-state index contributed by atoms with van der Waals surface area (Å²) in [5.74, 6) is 0.377. The summed E-state index contributed by atoms with van der Waals surface area (Å²) in [6.45, 7) is 5.75. The van der Waals surface area contributed by atoms with Gasteiger partial charge in [-0.25, -0.2) is 9.37 Å². The Hall–Kier alpha value is -2.05. The number of halogens is 1. The Morgan fingerprint density at radius 1 is 1.36 bits per heavy atom. The van der Waals surface area contributed by atoms with Crippen LogP contribution >= 0.6 is 0 Å². The predicted octanol–water partition coefficient (Wildman–Crippen LogP) is 1.87. The summed E-state index contributed by atoms with van der Waals surface area (Å²) in [5.41, 5.74) is 1.79. The zero-order valence-electron chi connectivity index (χ0n) is 14.6. The molecule has 2 aromatic rings. The van der Waals surface area contributed by atoms with Gasteiger partial charge in [-0.3, -0.25) is 9.69 Å². The third-order valence-corrected chi connectivity index (χ3v) is 4.73. The summed E-state index contributed by atoms with van der Waals surface area (Å²) < 4.78 is 13.8. The molecule has 25 heavy (non-hydrogen) atoms. The van der Waals surface area contributed by atoms with E-state index in [0.29, 0.717) is 36.5 Å². The van der Waals surface area contributed by atoms with Gasteiger partial charge in [0.1, 0.15) is 11.6 Å². The van der Waals surface area contributed by atoms with Gasteiger partial charge in [0.2, 0.25) is 0 Å². The summed E-state index contributed by atoms with van der Waals surface area (Å²) in [6, 6.07) is 6.52. The largest absolute Gasteiger partial charge is 0.392 e. The van der Waals surface area contributed by atoms with Crippen molar-refractivity contribution in [3.63, 3.8) is 0 Å². The second-order valence-corrected chi connectivity index (χ2v) is 7.00. The van der Waals surface area contributed by atoms with E-state index in [4.69, 9.17) is 0 Å². The number of fused-ring (bicyclic) bond motifs is 1. The van der Waals surface area contributed by atoms with Crippen molar-refractivity contribution in [1.29, 1.82) is 0 Å². The van der Waals surface area contributed by atoms with Gasteiger partial charge >= 0.3 is 0 Å². The molecule has 0 spiro atoms. The fourth-order valence-electron chi connectivity index (χ4n) is 3.07. The van der Waals surface area contributed by atoms with E-state index in [2.05, 4.69) is 14.9 Å². The molecule has 2 N–H and O–H groups in total. The van der Waals surface area contributed by atoms with E-state index in [-0.39, 0.29) is 23.7 Å². The maximum Gasteiger partial charge on any atom is 0.255 e. The lowest BCUT2D eigenvalue weighted by Crippen LogP contribution is -2.41. The molecule has 0 aliphatic carbocycles. The molecule has 1 aliphatic heterocycles. The Labute approximate surface area is 146 Å². The molecule has 0 saturated carbocycles. The van der Waals surface area contributed by atoms with Gasteiger partial charge in [0, 0.05) is 32.5 Å². The van der Waals surface area contributed by atoms with Crippen LogP contribution in [0.3, 0.4) is 0 Å². The summed E-state index contributed by atoms with van der Waals surface area (Å²) in [6.07, 6.45) is 0.521. The minimum atomic E-state index is -0.408. The van der Waals surface area contributed by atoms with Crippen LogP contribution in [-0.4, -0.2) is 39.2 Å². The maximum absolute atomic E-state index is 13.8. The molecule has 1 aliphatic rings. The first-order valence-corrected chi connectivity index (χ1v) is 8.69. The molecule has 5 nitrogen and oxygen atoms in total. The molecule has 0 bridgehead atoms. The van der Waals surface area contributed by atoms with Crippen LogP contribution in [0.2, 0.25) is 0 Å². The van der Waals surface area contributed by atoms with E-state index in [1.54, 1.807) is 18.2 Å². The molecule has 0 radical (unpaired) electrons. The van der Waals surface area contributed by atoms with Crippen molar-refractivity contribution in [2.75, 3.05) is 13.1 Å². The van der Waals surface area contributed by atoms with Crippen LogP contribution in [0.25, 0.3) is 0 Å². The van der Waals surface area contributed by atoms with Crippen molar-refractivity contribution in [1.82, 2.24) is 14.9 Å². The van der Waals surface area contributed by atoms with E-state index >= 15 is 0 Å². The lowest BCUT2D eigenvalue weighted by molar-refractivity contribution is 0.0704. The third kappa shape index (κ3) is 4.14. The number of aliphatic hydroxyl groups is 1. The van der Waals surface area contributed by atoms with Gasteiger partial charge in [0.05, 0.1) is 17.4 Å². The Kier molecular flexibility index (Phi) is 5.30. The summed E-state index contributed by atoms with van der Waals surface area (Å²) in [7, 11) is 0. The number of aliphatic hydroxyl groups excluding tert-OH is 1. The van der Waals surface area contributed by atoms with Crippen LogP contribution in [0, 0.1) is 11.7 Å². The van der Waals surface area contributed by atoms with Crippen LogP contribution in [0.5, 0.6) is 0 Å². The number of benzene rings is 1. The van der Waals surface area contributed by atoms with E-state index in [0.717, 1.165) is 12.2 Å².